The Bertz CT molecular complexity index is 751. The van der Waals surface area contributed by atoms with Crippen molar-refractivity contribution in [3.05, 3.63) is 72.9 Å². The highest BCUT2D eigenvalue weighted by atomic mass is 32.2. The van der Waals surface area contributed by atoms with Gasteiger partial charge in [-0.05, 0) is 57.8 Å². The van der Waals surface area contributed by atoms with Gasteiger partial charge in [0.1, 0.15) is 0 Å². The summed E-state index contributed by atoms with van der Waals surface area (Å²) in [7, 11) is -3.41. The number of hydrogen-bond donors (Lipinski definition) is 1. The normalized spacial score (nSPS) is 15.8. The Morgan fingerprint density at radius 1 is 0.733 bits per heavy atom. The zero-order valence-corrected chi connectivity index (χ0v) is 19.0. The van der Waals surface area contributed by atoms with E-state index in [-0.39, 0.29) is 11.7 Å². The molecule has 0 unspecified atom stereocenters. The van der Waals surface area contributed by atoms with Crippen molar-refractivity contribution in [3.63, 3.8) is 0 Å². The smallest absolute Gasteiger partial charge is 0.237 e. The summed E-state index contributed by atoms with van der Waals surface area (Å²) >= 11 is 0. The van der Waals surface area contributed by atoms with Crippen LogP contribution in [0.2, 0.25) is 0 Å². The summed E-state index contributed by atoms with van der Waals surface area (Å²) < 4.78 is 25.4. The van der Waals surface area contributed by atoms with Gasteiger partial charge in [-0.3, -0.25) is 9.52 Å². The third kappa shape index (κ3) is 14.8. The lowest BCUT2D eigenvalue weighted by atomic mass is 10.2. The van der Waals surface area contributed by atoms with Gasteiger partial charge >= 0.3 is 0 Å². The van der Waals surface area contributed by atoms with E-state index in [0.717, 1.165) is 38.5 Å². The lowest BCUT2D eigenvalue weighted by molar-refractivity contribution is -0.119. The van der Waals surface area contributed by atoms with Gasteiger partial charge in [0.05, 0.1) is 5.25 Å². The quantitative estimate of drug-likeness (QED) is 0.302. The van der Waals surface area contributed by atoms with Crippen LogP contribution >= 0.6 is 0 Å². The van der Waals surface area contributed by atoms with Crippen molar-refractivity contribution in [2.45, 2.75) is 76.4 Å². The highest BCUT2D eigenvalue weighted by Crippen LogP contribution is 2.27. The number of nitrogens with one attached hydrogen (secondary N) is 1. The summed E-state index contributed by atoms with van der Waals surface area (Å²) in [5.74, 6) is -0.415. The molecule has 0 aliphatic heterocycles. The van der Waals surface area contributed by atoms with Gasteiger partial charge in [0.2, 0.25) is 15.9 Å². The van der Waals surface area contributed by atoms with Gasteiger partial charge in [-0.1, -0.05) is 79.8 Å². The lowest BCUT2D eigenvalue weighted by Gasteiger charge is -2.03. The maximum atomic E-state index is 11.6. The first-order chi connectivity index (χ1) is 14.6. The van der Waals surface area contributed by atoms with E-state index in [1.54, 1.807) is 0 Å². The number of hydrogen-bond acceptors (Lipinski definition) is 3. The van der Waals surface area contributed by atoms with E-state index in [9.17, 15) is 13.2 Å². The minimum atomic E-state index is -3.41. The summed E-state index contributed by atoms with van der Waals surface area (Å²) in [4.78, 5) is 11.6. The second-order valence-corrected chi connectivity index (χ2v) is 9.18. The molecule has 1 N–H and O–H groups in total. The molecular formula is C25H37NO3S. The van der Waals surface area contributed by atoms with Crippen LogP contribution in [0.3, 0.4) is 0 Å². The maximum absolute atomic E-state index is 11.6. The molecule has 0 aromatic rings. The van der Waals surface area contributed by atoms with Crippen LogP contribution < -0.4 is 4.72 Å². The Kier molecular flexibility index (Phi) is 14.4. The molecule has 0 aromatic heterocycles. The average molecular weight is 432 g/mol. The van der Waals surface area contributed by atoms with Crippen LogP contribution in [0.5, 0.6) is 0 Å². The van der Waals surface area contributed by atoms with Crippen LogP contribution in [-0.2, 0) is 14.8 Å². The zero-order valence-electron chi connectivity index (χ0n) is 18.2. The molecule has 166 valence electrons. The molecule has 1 fully saturated rings. The number of rotatable bonds is 16. The van der Waals surface area contributed by atoms with E-state index in [4.69, 9.17) is 0 Å². The molecule has 1 aliphatic carbocycles. The number of carbonyl (C=O) groups is 1. The van der Waals surface area contributed by atoms with Gasteiger partial charge in [-0.15, -0.1) is 0 Å². The summed E-state index contributed by atoms with van der Waals surface area (Å²) in [5, 5.41) is -0.354. The van der Waals surface area contributed by atoms with Gasteiger partial charge < -0.3 is 0 Å². The van der Waals surface area contributed by atoms with Crippen molar-refractivity contribution in [2.75, 3.05) is 0 Å². The number of amides is 1. The third-order valence-electron chi connectivity index (χ3n) is 4.35. The lowest BCUT2D eigenvalue weighted by Crippen LogP contribution is -2.32. The average Bonchev–Trinajstić information content (AvgIpc) is 3.55. The molecule has 1 rings (SSSR count). The predicted octanol–water partition coefficient (Wildman–Crippen LogP) is 6.07. The van der Waals surface area contributed by atoms with E-state index in [1.807, 2.05) is 12.2 Å². The molecule has 0 heterocycles. The molecule has 0 atom stereocenters. The summed E-state index contributed by atoms with van der Waals surface area (Å²) in [6.07, 6.45) is 33.4. The van der Waals surface area contributed by atoms with Crippen molar-refractivity contribution < 1.29 is 13.2 Å². The van der Waals surface area contributed by atoms with Crippen LogP contribution in [0.1, 0.15) is 71.1 Å². The molecule has 4 nitrogen and oxygen atoms in total. The van der Waals surface area contributed by atoms with Gasteiger partial charge in [-0.2, -0.15) is 0 Å². The molecule has 30 heavy (non-hydrogen) atoms. The molecule has 0 saturated heterocycles. The molecule has 0 bridgehead atoms. The van der Waals surface area contributed by atoms with Crippen LogP contribution in [0.25, 0.3) is 0 Å². The number of sulfonamides is 1. The third-order valence-corrected chi connectivity index (χ3v) is 6.22. The SMILES string of the molecule is CC/C=C\C/C=C\C/C=C\C/C=C\C/C=C\C/C=C\CCC(=O)NS(=O)(=O)C1CC1. The maximum Gasteiger partial charge on any atom is 0.237 e. The Hall–Kier alpha value is -2.14. The van der Waals surface area contributed by atoms with Crippen molar-refractivity contribution in [2.24, 2.45) is 0 Å². The number of allylic oxidation sites excluding steroid dienone is 12. The topological polar surface area (TPSA) is 63.2 Å². The van der Waals surface area contributed by atoms with Gasteiger partial charge in [0, 0.05) is 6.42 Å². The van der Waals surface area contributed by atoms with Crippen LogP contribution in [-0.4, -0.2) is 19.6 Å². The Balaban J connectivity index is 1.98. The van der Waals surface area contributed by atoms with Gasteiger partial charge in [-0.25, -0.2) is 8.42 Å². The Morgan fingerprint density at radius 2 is 1.13 bits per heavy atom. The van der Waals surface area contributed by atoms with Crippen molar-refractivity contribution in [1.82, 2.24) is 4.72 Å². The molecule has 1 saturated carbocycles. The Morgan fingerprint density at radius 3 is 1.53 bits per heavy atom. The largest absolute Gasteiger partial charge is 0.274 e. The van der Waals surface area contributed by atoms with Crippen LogP contribution in [0, 0.1) is 0 Å². The predicted molar refractivity (Wildman–Crippen MR) is 128 cm³/mol. The molecular weight excluding hydrogens is 394 g/mol. The molecule has 0 aromatic carbocycles. The minimum absolute atomic E-state index is 0.202. The summed E-state index contributed by atoms with van der Waals surface area (Å²) in [6.45, 7) is 2.14. The van der Waals surface area contributed by atoms with Crippen molar-refractivity contribution in [3.8, 4) is 0 Å². The fourth-order valence-electron chi connectivity index (χ4n) is 2.53. The van der Waals surface area contributed by atoms with Crippen LogP contribution in [0.4, 0.5) is 0 Å². The molecule has 5 heteroatoms. The van der Waals surface area contributed by atoms with E-state index in [2.05, 4.69) is 72.4 Å². The first-order valence-corrected chi connectivity index (χ1v) is 12.5. The first kappa shape index (κ1) is 25.9. The van der Waals surface area contributed by atoms with E-state index >= 15 is 0 Å². The summed E-state index contributed by atoms with van der Waals surface area (Å²) in [5.41, 5.74) is 0. The molecule has 1 amide bonds. The second-order valence-electron chi connectivity index (χ2n) is 7.22. The highest BCUT2D eigenvalue weighted by molar-refractivity contribution is 7.90. The minimum Gasteiger partial charge on any atom is -0.274 e. The standard InChI is InChI=1S/C25H37NO3S/c1-2-3-4-5-6-7-8-9-10-11-12-13-14-15-16-17-18-19-20-21-25(27)26-30(28,29)24-22-23-24/h3-4,6-7,9-10,12-13,15-16,18-19,24H,2,5,8,11,14,17,20-23H2,1H3,(H,26,27)/b4-3-,7-6-,10-9-,13-12-,16-15-,19-18-. The first-order valence-electron chi connectivity index (χ1n) is 11.0. The van der Waals surface area contributed by atoms with E-state index in [1.165, 1.54) is 0 Å². The fraction of sp³-hybridized carbons (Fsp3) is 0.480. The highest BCUT2D eigenvalue weighted by Gasteiger charge is 2.36. The van der Waals surface area contributed by atoms with Crippen LogP contribution in [0.15, 0.2) is 72.9 Å². The van der Waals surface area contributed by atoms with E-state index in [0.29, 0.717) is 19.3 Å². The van der Waals surface area contributed by atoms with Gasteiger partial charge in [0.25, 0.3) is 0 Å². The molecule has 1 aliphatic rings. The second kappa shape index (κ2) is 16.6. The number of carbonyl (C=O) groups excluding carboxylic acids is 1. The monoisotopic (exact) mass is 431 g/mol. The fourth-order valence-corrected chi connectivity index (χ4v) is 3.87. The zero-order chi connectivity index (χ0) is 21.9. The van der Waals surface area contributed by atoms with Crippen molar-refractivity contribution in [1.29, 1.82) is 0 Å². The summed E-state index contributed by atoms with van der Waals surface area (Å²) in [6, 6.07) is 0. The van der Waals surface area contributed by atoms with Crippen molar-refractivity contribution >= 4 is 15.9 Å². The van der Waals surface area contributed by atoms with E-state index < -0.39 is 15.9 Å². The Labute approximate surface area is 183 Å². The van der Waals surface area contributed by atoms with Gasteiger partial charge in [0.15, 0.2) is 0 Å². The molecule has 0 radical (unpaired) electrons. The molecule has 0 spiro atoms.